The van der Waals surface area contributed by atoms with Crippen molar-refractivity contribution in [1.29, 1.82) is 0 Å². The molecule has 23 heavy (non-hydrogen) atoms. The lowest BCUT2D eigenvalue weighted by atomic mass is 9.91. The SMILES string of the molecule is CCOC(=O)/C=C/C1CCOC(c2cccc(C(F)(F)F)c2)C1. The van der Waals surface area contributed by atoms with Gasteiger partial charge in [-0.25, -0.2) is 4.79 Å². The quantitative estimate of drug-likeness (QED) is 0.611. The summed E-state index contributed by atoms with van der Waals surface area (Å²) in [5.41, 5.74) is -0.170. The number of carbonyl (C=O) groups is 1. The summed E-state index contributed by atoms with van der Waals surface area (Å²) < 4.78 is 48.8. The van der Waals surface area contributed by atoms with Gasteiger partial charge in [-0.05, 0) is 43.4 Å². The zero-order valence-corrected chi connectivity index (χ0v) is 12.8. The van der Waals surface area contributed by atoms with Gasteiger partial charge < -0.3 is 9.47 Å². The van der Waals surface area contributed by atoms with E-state index in [1.165, 1.54) is 12.1 Å². The van der Waals surface area contributed by atoms with Gasteiger partial charge >= 0.3 is 12.1 Å². The van der Waals surface area contributed by atoms with Crippen LogP contribution in [0.5, 0.6) is 0 Å². The second kappa shape index (κ2) is 7.64. The van der Waals surface area contributed by atoms with E-state index >= 15 is 0 Å². The average Bonchev–Trinajstić information content (AvgIpc) is 2.53. The smallest absolute Gasteiger partial charge is 0.416 e. The molecule has 1 aliphatic heterocycles. The van der Waals surface area contributed by atoms with Crippen molar-refractivity contribution >= 4 is 5.97 Å². The number of ether oxygens (including phenoxy) is 2. The number of allylic oxidation sites excluding steroid dienone is 1. The first kappa shape index (κ1) is 17.5. The number of halogens is 3. The second-order valence-corrected chi connectivity index (χ2v) is 5.38. The van der Waals surface area contributed by atoms with E-state index in [4.69, 9.17) is 9.47 Å². The molecule has 0 aliphatic carbocycles. The van der Waals surface area contributed by atoms with E-state index in [2.05, 4.69) is 0 Å². The van der Waals surface area contributed by atoms with E-state index in [-0.39, 0.29) is 5.92 Å². The summed E-state index contributed by atoms with van der Waals surface area (Å²) in [5, 5.41) is 0. The summed E-state index contributed by atoms with van der Waals surface area (Å²) in [4.78, 5) is 11.3. The van der Waals surface area contributed by atoms with Gasteiger partial charge in [-0.3, -0.25) is 0 Å². The number of carbonyl (C=O) groups excluding carboxylic acids is 1. The minimum atomic E-state index is -4.37. The van der Waals surface area contributed by atoms with Crippen molar-refractivity contribution in [3.8, 4) is 0 Å². The fourth-order valence-corrected chi connectivity index (χ4v) is 2.55. The van der Waals surface area contributed by atoms with Crippen LogP contribution in [0.4, 0.5) is 13.2 Å². The van der Waals surface area contributed by atoms with Crippen molar-refractivity contribution < 1.29 is 27.4 Å². The normalized spacial score (nSPS) is 22.3. The van der Waals surface area contributed by atoms with Gasteiger partial charge in [0.2, 0.25) is 0 Å². The highest BCUT2D eigenvalue weighted by Gasteiger charge is 2.31. The lowest BCUT2D eigenvalue weighted by Crippen LogP contribution is -2.19. The molecule has 1 heterocycles. The van der Waals surface area contributed by atoms with Crippen LogP contribution in [0.2, 0.25) is 0 Å². The van der Waals surface area contributed by atoms with Crippen molar-refractivity contribution in [2.45, 2.75) is 32.0 Å². The first-order chi connectivity index (χ1) is 10.9. The van der Waals surface area contributed by atoms with Crippen molar-refractivity contribution in [2.75, 3.05) is 13.2 Å². The molecule has 1 aromatic carbocycles. The van der Waals surface area contributed by atoms with Crippen LogP contribution in [-0.2, 0) is 20.4 Å². The summed E-state index contributed by atoms with van der Waals surface area (Å²) in [6.07, 6.45) is -0.372. The van der Waals surface area contributed by atoms with Gasteiger partial charge in [0.15, 0.2) is 0 Å². The Morgan fingerprint density at radius 2 is 2.22 bits per heavy atom. The Bertz CT molecular complexity index is 566. The fourth-order valence-electron chi connectivity index (χ4n) is 2.55. The molecule has 0 spiro atoms. The maximum atomic E-state index is 12.8. The molecule has 0 radical (unpaired) electrons. The third kappa shape index (κ3) is 5.10. The summed E-state index contributed by atoms with van der Waals surface area (Å²) in [5.74, 6) is -0.331. The molecule has 2 unspecified atom stereocenters. The van der Waals surface area contributed by atoms with Crippen LogP contribution in [0.15, 0.2) is 36.4 Å². The van der Waals surface area contributed by atoms with E-state index in [1.807, 2.05) is 0 Å². The number of hydrogen-bond acceptors (Lipinski definition) is 3. The zero-order valence-electron chi connectivity index (χ0n) is 12.8. The molecule has 0 aromatic heterocycles. The summed E-state index contributed by atoms with van der Waals surface area (Å²) in [6, 6.07) is 5.20. The molecular weight excluding hydrogens is 309 g/mol. The predicted molar refractivity (Wildman–Crippen MR) is 78.6 cm³/mol. The Hall–Kier alpha value is -1.82. The molecule has 2 atom stereocenters. The third-order valence-corrected chi connectivity index (χ3v) is 3.70. The molecule has 2 rings (SSSR count). The minimum absolute atomic E-state index is 0.0766. The van der Waals surface area contributed by atoms with Gasteiger partial charge in [-0.2, -0.15) is 13.2 Å². The lowest BCUT2D eigenvalue weighted by Gasteiger charge is -2.28. The van der Waals surface area contributed by atoms with E-state index in [9.17, 15) is 18.0 Å². The van der Waals surface area contributed by atoms with Crippen molar-refractivity contribution in [3.63, 3.8) is 0 Å². The van der Waals surface area contributed by atoms with Gasteiger partial charge in [0.1, 0.15) is 0 Å². The molecule has 6 heteroatoms. The Labute approximate surface area is 133 Å². The molecule has 1 aliphatic rings. The standard InChI is InChI=1S/C17H19F3O3/c1-2-22-16(21)7-6-12-8-9-23-15(10-12)13-4-3-5-14(11-13)17(18,19)20/h3-7,11-12,15H,2,8-10H2,1H3/b7-6+. The summed E-state index contributed by atoms with van der Waals surface area (Å²) in [7, 11) is 0. The Morgan fingerprint density at radius 3 is 2.91 bits per heavy atom. The minimum Gasteiger partial charge on any atom is -0.463 e. The Kier molecular flexibility index (Phi) is 5.82. The van der Waals surface area contributed by atoms with Crippen molar-refractivity contribution in [2.24, 2.45) is 5.92 Å². The van der Waals surface area contributed by atoms with Crippen LogP contribution in [0.25, 0.3) is 0 Å². The maximum Gasteiger partial charge on any atom is 0.416 e. The number of esters is 1. The summed E-state index contributed by atoms with van der Waals surface area (Å²) in [6.45, 7) is 2.48. The largest absolute Gasteiger partial charge is 0.463 e. The van der Waals surface area contributed by atoms with Crippen LogP contribution < -0.4 is 0 Å². The maximum absolute atomic E-state index is 12.8. The second-order valence-electron chi connectivity index (χ2n) is 5.38. The molecule has 1 aromatic rings. The molecule has 3 nitrogen and oxygen atoms in total. The van der Waals surface area contributed by atoms with Gasteiger partial charge in [-0.15, -0.1) is 0 Å². The molecule has 1 fully saturated rings. The average molecular weight is 328 g/mol. The zero-order chi connectivity index (χ0) is 16.9. The van der Waals surface area contributed by atoms with E-state index in [1.54, 1.807) is 19.1 Å². The molecule has 0 N–H and O–H groups in total. The molecule has 126 valence electrons. The highest BCUT2D eigenvalue weighted by Crippen LogP contribution is 2.35. The Morgan fingerprint density at radius 1 is 1.43 bits per heavy atom. The third-order valence-electron chi connectivity index (χ3n) is 3.70. The van der Waals surface area contributed by atoms with Crippen LogP contribution in [0, 0.1) is 5.92 Å². The number of rotatable bonds is 4. The fraction of sp³-hybridized carbons (Fsp3) is 0.471. The topological polar surface area (TPSA) is 35.5 Å². The van der Waals surface area contributed by atoms with Gasteiger partial charge in [0.25, 0.3) is 0 Å². The van der Waals surface area contributed by atoms with Gasteiger partial charge in [0, 0.05) is 12.7 Å². The van der Waals surface area contributed by atoms with E-state index < -0.39 is 23.8 Å². The molecule has 0 amide bonds. The highest BCUT2D eigenvalue weighted by atomic mass is 19.4. The van der Waals surface area contributed by atoms with E-state index in [0.717, 1.165) is 18.6 Å². The van der Waals surface area contributed by atoms with Crippen molar-refractivity contribution in [1.82, 2.24) is 0 Å². The lowest BCUT2D eigenvalue weighted by molar-refractivity contribution is -0.138. The van der Waals surface area contributed by atoms with E-state index in [0.29, 0.717) is 25.2 Å². The molecule has 0 bridgehead atoms. The van der Waals surface area contributed by atoms with Crippen molar-refractivity contribution in [3.05, 3.63) is 47.5 Å². The molecule has 0 saturated carbocycles. The Balaban J connectivity index is 2.05. The number of alkyl halides is 3. The number of benzene rings is 1. The van der Waals surface area contributed by atoms with Crippen LogP contribution in [0.1, 0.15) is 37.0 Å². The monoisotopic (exact) mass is 328 g/mol. The number of hydrogen-bond donors (Lipinski definition) is 0. The van der Waals surface area contributed by atoms with Gasteiger partial charge in [-0.1, -0.05) is 18.2 Å². The highest BCUT2D eigenvalue weighted by molar-refractivity contribution is 5.81. The van der Waals surface area contributed by atoms with Crippen LogP contribution in [-0.4, -0.2) is 19.2 Å². The summed E-state index contributed by atoms with van der Waals surface area (Å²) >= 11 is 0. The first-order valence-electron chi connectivity index (χ1n) is 7.54. The van der Waals surface area contributed by atoms with Crippen LogP contribution >= 0.6 is 0 Å². The first-order valence-corrected chi connectivity index (χ1v) is 7.54. The van der Waals surface area contributed by atoms with Crippen LogP contribution in [0.3, 0.4) is 0 Å². The predicted octanol–water partition coefficient (Wildman–Crippen LogP) is 4.29. The molecular formula is C17H19F3O3. The molecule has 1 saturated heterocycles. The van der Waals surface area contributed by atoms with Gasteiger partial charge in [0.05, 0.1) is 18.3 Å².